The smallest absolute Gasteiger partial charge is 0.225 e. The highest BCUT2D eigenvalue weighted by molar-refractivity contribution is 7.90. The maximum absolute atomic E-state index is 11.3. The van der Waals surface area contributed by atoms with E-state index < -0.39 is 9.84 Å². The predicted molar refractivity (Wildman–Crippen MR) is 68.0 cm³/mol. The van der Waals surface area contributed by atoms with Crippen molar-refractivity contribution in [1.29, 1.82) is 0 Å². The van der Waals surface area contributed by atoms with Crippen molar-refractivity contribution in [3.8, 4) is 12.3 Å². The van der Waals surface area contributed by atoms with Gasteiger partial charge in [0.05, 0.1) is 18.4 Å². The highest BCUT2D eigenvalue weighted by Gasteiger charge is 2.20. The highest BCUT2D eigenvalue weighted by Crippen LogP contribution is 2.12. The Hall–Kier alpha value is -1.65. The minimum absolute atomic E-state index is 0.0306. The molecular formula is C11H14N4O2S. The van der Waals surface area contributed by atoms with Gasteiger partial charge in [0.25, 0.3) is 0 Å². The lowest BCUT2D eigenvalue weighted by Gasteiger charge is -2.31. The van der Waals surface area contributed by atoms with Gasteiger partial charge in [0, 0.05) is 25.9 Å². The molecule has 96 valence electrons. The van der Waals surface area contributed by atoms with E-state index in [9.17, 15) is 8.42 Å². The number of sulfone groups is 1. The second-order valence-electron chi connectivity index (χ2n) is 4.11. The summed E-state index contributed by atoms with van der Waals surface area (Å²) in [5.74, 6) is 3.14. The quantitative estimate of drug-likeness (QED) is 0.713. The van der Waals surface area contributed by atoms with Crippen LogP contribution >= 0.6 is 0 Å². The number of terminal acetylenes is 1. The van der Waals surface area contributed by atoms with Gasteiger partial charge in [-0.05, 0) is 0 Å². The van der Waals surface area contributed by atoms with Crippen LogP contribution in [0, 0.1) is 12.3 Å². The van der Waals surface area contributed by atoms with E-state index in [1.807, 2.05) is 4.90 Å². The summed E-state index contributed by atoms with van der Waals surface area (Å²) in [4.78, 5) is 10.2. The number of nitrogens with zero attached hydrogens (tertiary/aromatic N) is 3. The van der Waals surface area contributed by atoms with Gasteiger partial charge in [-0.25, -0.2) is 18.4 Å². The third-order valence-corrected chi connectivity index (χ3v) is 3.77. The van der Waals surface area contributed by atoms with E-state index in [1.54, 1.807) is 0 Å². The lowest BCUT2D eigenvalue weighted by atomic mass is 10.2. The van der Waals surface area contributed by atoms with Crippen LogP contribution in [0.2, 0.25) is 0 Å². The third-order valence-electron chi connectivity index (χ3n) is 2.70. The number of piperazine rings is 1. The normalized spacial score (nSPS) is 20.4. The van der Waals surface area contributed by atoms with Crippen molar-refractivity contribution in [2.45, 2.75) is 10.9 Å². The zero-order valence-corrected chi connectivity index (χ0v) is 10.8. The Bertz CT molecular complexity index is 562. The summed E-state index contributed by atoms with van der Waals surface area (Å²) < 4.78 is 22.6. The zero-order valence-electron chi connectivity index (χ0n) is 10.00. The molecule has 0 aromatic carbocycles. The van der Waals surface area contributed by atoms with Crippen LogP contribution in [-0.2, 0) is 9.84 Å². The maximum atomic E-state index is 11.3. The molecule has 1 aliphatic rings. The fraction of sp³-hybridized carbons (Fsp3) is 0.455. The van der Waals surface area contributed by atoms with Gasteiger partial charge in [-0.15, -0.1) is 6.42 Å². The second-order valence-corrected chi connectivity index (χ2v) is 6.13. The standard InChI is InChI=1S/C11H14N4O2S/c1-3-9-8-15(5-4-12-9)11-13-6-10(7-14-11)18(2,16)17/h1,6-7,9,12H,4-5,8H2,2H3/t9-/m1/s1. The van der Waals surface area contributed by atoms with Gasteiger partial charge in [-0.2, -0.15) is 0 Å². The SMILES string of the molecule is C#C[C@@H]1CN(c2ncc(S(C)(=O)=O)cn2)CCN1. The van der Waals surface area contributed by atoms with Gasteiger partial charge >= 0.3 is 0 Å². The summed E-state index contributed by atoms with van der Waals surface area (Å²) in [6.07, 6.45) is 9.14. The molecule has 18 heavy (non-hydrogen) atoms. The van der Waals surface area contributed by atoms with E-state index in [-0.39, 0.29) is 10.9 Å². The van der Waals surface area contributed by atoms with Gasteiger partial charge in [0.1, 0.15) is 4.90 Å². The molecule has 1 saturated heterocycles. The van der Waals surface area contributed by atoms with Crippen LogP contribution in [0.15, 0.2) is 17.3 Å². The van der Waals surface area contributed by atoms with E-state index >= 15 is 0 Å². The maximum Gasteiger partial charge on any atom is 0.225 e. The molecule has 0 spiro atoms. The van der Waals surface area contributed by atoms with Crippen LogP contribution < -0.4 is 10.2 Å². The van der Waals surface area contributed by atoms with Gasteiger partial charge in [-0.1, -0.05) is 5.92 Å². The van der Waals surface area contributed by atoms with E-state index in [1.165, 1.54) is 12.4 Å². The molecule has 1 aliphatic heterocycles. The van der Waals surface area contributed by atoms with E-state index in [2.05, 4.69) is 21.2 Å². The molecule has 1 fully saturated rings. The minimum Gasteiger partial charge on any atom is -0.337 e. The van der Waals surface area contributed by atoms with Crippen molar-refractivity contribution in [2.24, 2.45) is 0 Å². The second kappa shape index (κ2) is 4.92. The molecule has 0 amide bonds. The lowest BCUT2D eigenvalue weighted by Crippen LogP contribution is -2.50. The Kier molecular flexibility index (Phi) is 3.50. The summed E-state index contributed by atoms with van der Waals surface area (Å²) >= 11 is 0. The summed E-state index contributed by atoms with van der Waals surface area (Å²) in [5.41, 5.74) is 0. The lowest BCUT2D eigenvalue weighted by molar-refractivity contribution is 0.521. The Morgan fingerprint density at radius 1 is 1.50 bits per heavy atom. The molecule has 7 heteroatoms. The number of aromatic nitrogens is 2. The molecule has 6 nitrogen and oxygen atoms in total. The first-order valence-corrected chi connectivity index (χ1v) is 7.36. The summed E-state index contributed by atoms with van der Waals surface area (Å²) in [6.45, 7) is 2.12. The first-order chi connectivity index (χ1) is 8.50. The molecule has 1 N–H and O–H groups in total. The predicted octanol–water partition coefficient (Wildman–Crippen LogP) is -0.708. The molecule has 0 bridgehead atoms. The van der Waals surface area contributed by atoms with Crippen LogP contribution in [0.5, 0.6) is 0 Å². The largest absolute Gasteiger partial charge is 0.337 e. The average molecular weight is 266 g/mol. The van der Waals surface area contributed by atoms with Crippen molar-refractivity contribution >= 4 is 15.8 Å². The molecular weight excluding hydrogens is 252 g/mol. The Morgan fingerprint density at radius 2 is 2.17 bits per heavy atom. The van der Waals surface area contributed by atoms with Crippen molar-refractivity contribution in [3.05, 3.63) is 12.4 Å². The van der Waals surface area contributed by atoms with Crippen molar-refractivity contribution < 1.29 is 8.42 Å². The minimum atomic E-state index is -3.25. The van der Waals surface area contributed by atoms with Gasteiger partial charge in [-0.3, -0.25) is 0 Å². The molecule has 1 aromatic rings. The van der Waals surface area contributed by atoms with Crippen LogP contribution in [-0.4, -0.2) is 50.3 Å². The third kappa shape index (κ3) is 2.78. The molecule has 1 atom stereocenters. The van der Waals surface area contributed by atoms with E-state index in [0.29, 0.717) is 12.5 Å². The average Bonchev–Trinajstić information content (AvgIpc) is 2.38. The molecule has 0 radical (unpaired) electrons. The molecule has 2 heterocycles. The van der Waals surface area contributed by atoms with Gasteiger partial charge in [0.15, 0.2) is 9.84 Å². The van der Waals surface area contributed by atoms with Gasteiger partial charge < -0.3 is 10.2 Å². The molecule has 0 unspecified atom stereocenters. The number of hydrogen-bond acceptors (Lipinski definition) is 6. The van der Waals surface area contributed by atoms with Crippen molar-refractivity contribution in [2.75, 3.05) is 30.8 Å². The van der Waals surface area contributed by atoms with Crippen LogP contribution in [0.1, 0.15) is 0 Å². The zero-order chi connectivity index (χ0) is 13.2. The van der Waals surface area contributed by atoms with E-state index in [0.717, 1.165) is 19.3 Å². The number of anilines is 1. The Labute approximate surface area is 106 Å². The number of nitrogens with one attached hydrogen (secondary N) is 1. The van der Waals surface area contributed by atoms with Crippen molar-refractivity contribution in [3.63, 3.8) is 0 Å². The fourth-order valence-electron chi connectivity index (χ4n) is 1.71. The summed E-state index contributed by atoms with van der Waals surface area (Å²) in [5, 5.41) is 3.17. The van der Waals surface area contributed by atoms with Crippen molar-refractivity contribution in [1.82, 2.24) is 15.3 Å². The Morgan fingerprint density at radius 3 is 2.72 bits per heavy atom. The highest BCUT2D eigenvalue weighted by atomic mass is 32.2. The van der Waals surface area contributed by atoms with Crippen LogP contribution in [0.4, 0.5) is 5.95 Å². The number of rotatable bonds is 2. The number of hydrogen-bond donors (Lipinski definition) is 1. The molecule has 0 aliphatic carbocycles. The first kappa shape index (κ1) is 12.8. The topological polar surface area (TPSA) is 75.2 Å². The van der Waals surface area contributed by atoms with Crippen LogP contribution in [0.25, 0.3) is 0 Å². The van der Waals surface area contributed by atoms with Gasteiger partial charge in [0.2, 0.25) is 5.95 Å². The molecule has 1 aromatic heterocycles. The molecule has 0 saturated carbocycles. The Balaban J connectivity index is 2.17. The first-order valence-electron chi connectivity index (χ1n) is 5.47. The van der Waals surface area contributed by atoms with Crippen LogP contribution in [0.3, 0.4) is 0 Å². The summed E-state index contributed by atoms with van der Waals surface area (Å²) in [6, 6.07) is -0.0306. The fourth-order valence-corrected chi connectivity index (χ4v) is 2.20. The molecule has 2 rings (SSSR count). The van der Waals surface area contributed by atoms with E-state index in [4.69, 9.17) is 6.42 Å². The summed E-state index contributed by atoms with van der Waals surface area (Å²) in [7, 11) is -3.25. The monoisotopic (exact) mass is 266 g/mol.